The number of benzene rings is 1. The fourth-order valence-electron chi connectivity index (χ4n) is 2.03. The van der Waals surface area contributed by atoms with E-state index >= 15 is 0 Å². The van der Waals surface area contributed by atoms with Crippen molar-refractivity contribution < 1.29 is 4.79 Å². The van der Waals surface area contributed by atoms with Gasteiger partial charge in [0, 0.05) is 11.9 Å². The number of aromatic nitrogens is 1. The predicted molar refractivity (Wildman–Crippen MR) is 92.1 cm³/mol. The van der Waals surface area contributed by atoms with Gasteiger partial charge in [-0.05, 0) is 29.1 Å². The van der Waals surface area contributed by atoms with E-state index in [9.17, 15) is 4.79 Å². The van der Waals surface area contributed by atoms with E-state index in [4.69, 9.17) is 5.26 Å². The average molecular weight is 339 g/mol. The van der Waals surface area contributed by atoms with Crippen LogP contribution in [0.25, 0.3) is 9.88 Å². The first-order valence-corrected chi connectivity index (χ1v) is 8.74. The van der Waals surface area contributed by atoms with Crippen molar-refractivity contribution >= 4 is 28.6 Å². The summed E-state index contributed by atoms with van der Waals surface area (Å²) >= 11 is 3.20. The largest absolute Gasteiger partial charge is 0.352 e. The fraction of sp³-hybridized carbons (Fsp3) is 0.118. The molecule has 1 aromatic carbocycles. The first-order valence-electron chi connectivity index (χ1n) is 6.98. The van der Waals surface area contributed by atoms with E-state index in [0.29, 0.717) is 12.1 Å². The molecular formula is C17H13N3OS2. The van der Waals surface area contributed by atoms with Crippen molar-refractivity contribution in [3.63, 3.8) is 0 Å². The average Bonchev–Trinajstić information content (AvgIpc) is 3.24. The molecule has 1 N–H and O–H groups in total. The summed E-state index contributed by atoms with van der Waals surface area (Å²) in [5.74, 6) is -0.0580. The Kier molecular flexibility index (Phi) is 4.81. The van der Waals surface area contributed by atoms with Crippen LogP contribution in [0.2, 0.25) is 0 Å². The summed E-state index contributed by atoms with van der Waals surface area (Å²) in [7, 11) is 0. The standard InChI is InChI=1S/C17H13N3OS2/c18-9-12-3-5-13(6-4-12)10-19-16(21)8-14-11-23-17(20-14)15-2-1-7-22-15/h1-7,11H,8,10H2,(H,19,21). The highest BCUT2D eigenvalue weighted by Gasteiger charge is 2.09. The Labute approximate surface area is 142 Å². The summed E-state index contributed by atoms with van der Waals surface area (Å²) in [6, 6.07) is 13.3. The van der Waals surface area contributed by atoms with Gasteiger partial charge in [-0.2, -0.15) is 5.26 Å². The van der Waals surface area contributed by atoms with Gasteiger partial charge in [0.15, 0.2) is 0 Å². The maximum absolute atomic E-state index is 12.0. The molecule has 2 heterocycles. The van der Waals surface area contributed by atoms with Crippen molar-refractivity contribution in [2.75, 3.05) is 0 Å². The molecule has 23 heavy (non-hydrogen) atoms. The molecule has 0 aliphatic rings. The van der Waals surface area contributed by atoms with Crippen LogP contribution in [0.4, 0.5) is 0 Å². The summed E-state index contributed by atoms with van der Waals surface area (Å²) in [4.78, 5) is 17.6. The molecule has 1 amide bonds. The van der Waals surface area contributed by atoms with Crippen molar-refractivity contribution in [1.29, 1.82) is 5.26 Å². The van der Waals surface area contributed by atoms with Crippen LogP contribution in [-0.4, -0.2) is 10.9 Å². The number of hydrogen-bond donors (Lipinski definition) is 1. The van der Waals surface area contributed by atoms with Crippen LogP contribution in [0.5, 0.6) is 0 Å². The number of nitrogens with one attached hydrogen (secondary N) is 1. The monoisotopic (exact) mass is 339 g/mol. The van der Waals surface area contributed by atoms with Gasteiger partial charge in [0.1, 0.15) is 5.01 Å². The molecule has 0 spiro atoms. The minimum absolute atomic E-state index is 0.0580. The zero-order valence-corrected chi connectivity index (χ0v) is 13.8. The molecule has 0 saturated heterocycles. The molecule has 4 nitrogen and oxygen atoms in total. The molecule has 0 aliphatic carbocycles. The molecule has 0 bridgehead atoms. The zero-order valence-electron chi connectivity index (χ0n) is 12.2. The number of nitriles is 1. The lowest BCUT2D eigenvalue weighted by molar-refractivity contribution is -0.120. The molecule has 0 aliphatic heterocycles. The van der Waals surface area contributed by atoms with Gasteiger partial charge in [-0.1, -0.05) is 18.2 Å². The fourth-order valence-corrected chi connectivity index (χ4v) is 3.66. The number of hydrogen-bond acceptors (Lipinski definition) is 5. The van der Waals surface area contributed by atoms with E-state index in [0.717, 1.165) is 21.1 Å². The number of carbonyl (C=O) groups is 1. The van der Waals surface area contributed by atoms with E-state index in [1.165, 1.54) is 0 Å². The van der Waals surface area contributed by atoms with E-state index in [1.807, 2.05) is 35.0 Å². The highest BCUT2D eigenvalue weighted by molar-refractivity contribution is 7.20. The van der Waals surface area contributed by atoms with Gasteiger partial charge in [-0.3, -0.25) is 4.79 Å². The molecule has 3 rings (SSSR count). The summed E-state index contributed by atoms with van der Waals surface area (Å²) < 4.78 is 0. The van der Waals surface area contributed by atoms with Crippen LogP contribution >= 0.6 is 22.7 Å². The molecule has 0 unspecified atom stereocenters. The predicted octanol–water partition coefficient (Wildman–Crippen LogP) is 3.60. The summed E-state index contributed by atoms with van der Waals surface area (Å²) in [6.45, 7) is 0.451. The molecule has 3 aromatic rings. The Morgan fingerprint density at radius 3 is 2.74 bits per heavy atom. The maximum Gasteiger partial charge on any atom is 0.226 e. The molecule has 6 heteroatoms. The van der Waals surface area contributed by atoms with E-state index < -0.39 is 0 Å². The number of thiophene rings is 1. The van der Waals surface area contributed by atoms with Crippen LogP contribution in [0.3, 0.4) is 0 Å². The van der Waals surface area contributed by atoms with Crippen LogP contribution in [-0.2, 0) is 17.8 Å². The second-order valence-corrected chi connectivity index (χ2v) is 6.69. The third-order valence-electron chi connectivity index (χ3n) is 3.20. The Morgan fingerprint density at radius 1 is 1.22 bits per heavy atom. The molecule has 0 atom stereocenters. The first-order chi connectivity index (χ1) is 11.2. The third-order valence-corrected chi connectivity index (χ3v) is 5.13. The number of thiazole rings is 1. The van der Waals surface area contributed by atoms with Gasteiger partial charge in [-0.15, -0.1) is 22.7 Å². The van der Waals surface area contributed by atoms with Gasteiger partial charge in [-0.25, -0.2) is 4.98 Å². The number of nitrogens with zero attached hydrogens (tertiary/aromatic N) is 2. The highest BCUT2D eigenvalue weighted by Crippen LogP contribution is 2.27. The minimum atomic E-state index is -0.0580. The van der Waals surface area contributed by atoms with Crippen LogP contribution in [0, 0.1) is 11.3 Å². The van der Waals surface area contributed by atoms with E-state index in [1.54, 1.807) is 34.8 Å². The molecule has 0 radical (unpaired) electrons. The molecule has 2 aromatic heterocycles. The van der Waals surface area contributed by atoms with Crippen molar-refractivity contribution in [3.8, 4) is 16.0 Å². The van der Waals surface area contributed by atoms with Gasteiger partial charge >= 0.3 is 0 Å². The molecule has 0 fully saturated rings. The summed E-state index contributed by atoms with van der Waals surface area (Å²) in [5, 5.41) is 16.5. The smallest absolute Gasteiger partial charge is 0.226 e. The second kappa shape index (κ2) is 7.18. The van der Waals surface area contributed by atoms with Crippen LogP contribution in [0.15, 0.2) is 47.2 Å². The Morgan fingerprint density at radius 2 is 2.04 bits per heavy atom. The van der Waals surface area contributed by atoms with Crippen LogP contribution < -0.4 is 5.32 Å². The molecule has 114 valence electrons. The lowest BCUT2D eigenvalue weighted by atomic mass is 10.1. The molecule has 0 saturated carbocycles. The quantitative estimate of drug-likeness (QED) is 0.772. The van der Waals surface area contributed by atoms with Crippen molar-refractivity contribution in [2.45, 2.75) is 13.0 Å². The Bertz CT molecular complexity index is 830. The number of amides is 1. The number of carbonyl (C=O) groups excluding carboxylic acids is 1. The number of rotatable bonds is 5. The van der Waals surface area contributed by atoms with Crippen molar-refractivity contribution in [2.24, 2.45) is 0 Å². The van der Waals surface area contributed by atoms with Crippen molar-refractivity contribution in [1.82, 2.24) is 10.3 Å². The second-order valence-electron chi connectivity index (χ2n) is 4.88. The maximum atomic E-state index is 12.0. The van der Waals surface area contributed by atoms with Gasteiger partial charge in [0.05, 0.1) is 28.6 Å². The van der Waals surface area contributed by atoms with E-state index in [2.05, 4.69) is 16.4 Å². The van der Waals surface area contributed by atoms with E-state index in [-0.39, 0.29) is 12.3 Å². The van der Waals surface area contributed by atoms with Crippen molar-refractivity contribution in [3.05, 3.63) is 64.0 Å². The Hall–Kier alpha value is -2.49. The van der Waals surface area contributed by atoms with Crippen LogP contribution in [0.1, 0.15) is 16.8 Å². The minimum Gasteiger partial charge on any atom is -0.352 e. The summed E-state index contributed by atoms with van der Waals surface area (Å²) in [5.41, 5.74) is 2.37. The summed E-state index contributed by atoms with van der Waals surface area (Å²) in [6.07, 6.45) is 0.276. The zero-order chi connectivity index (χ0) is 16.1. The highest BCUT2D eigenvalue weighted by atomic mass is 32.1. The van der Waals surface area contributed by atoms with Gasteiger partial charge in [0.2, 0.25) is 5.91 Å². The SMILES string of the molecule is N#Cc1ccc(CNC(=O)Cc2csc(-c3cccs3)n2)cc1. The topological polar surface area (TPSA) is 65.8 Å². The molecular weight excluding hydrogens is 326 g/mol. The Balaban J connectivity index is 1.54. The lowest BCUT2D eigenvalue weighted by Gasteiger charge is -2.04. The van der Waals surface area contributed by atoms with Gasteiger partial charge < -0.3 is 5.32 Å². The first kappa shape index (κ1) is 15.4. The lowest BCUT2D eigenvalue weighted by Crippen LogP contribution is -2.24. The normalized spacial score (nSPS) is 10.2. The third kappa shape index (κ3) is 4.03. The van der Waals surface area contributed by atoms with Gasteiger partial charge in [0.25, 0.3) is 0 Å².